The zero-order valence-corrected chi connectivity index (χ0v) is 13.4. The average molecular weight is 282 g/mol. The standard InChI is InChI=1S/C18H28F2/c1-5-7-8-9-10-16-14(13-18(3,4)6-2)11-15(19)12-17(16)20/h11-12H,5-10,13H2,1-4H3. The fourth-order valence-corrected chi connectivity index (χ4v) is 2.46. The topological polar surface area (TPSA) is 0 Å². The Hall–Kier alpha value is -0.920. The fraction of sp³-hybridized carbons (Fsp3) is 0.667. The molecule has 0 fully saturated rings. The van der Waals surface area contributed by atoms with Crippen molar-refractivity contribution in [2.75, 3.05) is 0 Å². The van der Waals surface area contributed by atoms with Crippen molar-refractivity contribution in [1.82, 2.24) is 0 Å². The van der Waals surface area contributed by atoms with Crippen LogP contribution in [-0.2, 0) is 12.8 Å². The Morgan fingerprint density at radius 2 is 1.70 bits per heavy atom. The van der Waals surface area contributed by atoms with Gasteiger partial charge in [-0.1, -0.05) is 53.4 Å². The van der Waals surface area contributed by atoms with E-state index in [1.165, 1.54) is 18.9 Å². The van der Waals surface area contributed by atoms with Gasteiger partial charge in [0.2, 0.25) is 0 Å². The van der Waals surface area contributed by atoms with Crippen molar-refractivity contribution in [2.45, 2.75) is 72.6 Å². The molecule has 0 saturated heterocycles. The SMILES string of the molecule is CCCCCCc1c(F)cc(F)cc1CC(C)(C)CC. The van der Waals surface area contributed by atoms with E-state index in [0.717, 1.165) is 49.3 Å². The van der Waals surface area contributed by atoms with E-state index in [4.69, 9.17) is 0 Å². The second kappa shape index (κ2) is 7.75. The van der Waals surface area contributed by atoms with Gasteiger partial charge in [0.25, 0.3) is 0 Å². The highest BCUT2D eigenvalue weighted by Crippen LogP contribution is 2.29. The Labute approximate surface area is 122 Å². The Morgan fingerprint density at radius 1 is 1.00 bits per heavy atom. The number of unbranched alkanes of at least 4 members (excludes halogenated alkanes) is 3. The second-order valence-electron chi connectivity index (χ2n) is 6.53. The van der Waals surface area contributed by atoms with Crippen LogP contribution in [0.4, 0.5) is 8.78 Å². The summed E-state index contributed by atoms with van der Waals surface area (Å²) in [6.45, 7) is 8.58. The molecule has 0 bridgehead atoms. The summed E-state index contributed by atoms with van der Waals surface area (Å²) in [5.74, 6) is -0.829. The molecule has 1 aromatic rings. The quantitative estimate of drug-likeness (QED) is 0.508. The molecule has 20 heavy (non-hydrogen) atoms. The summed E-state index contributed by atoms with van der Waals surface area (Å²) < 4.78 is 27.5. The molecule has 1 aromatic carbocycles. The maximum Gasteiger partial charge on any atom is 0.129 e. The van der Waals surface area contributed by atoms with Crippen molar-refractivity contribution in [3.05, 3.63) is 34.9 Å². The maximum absolute atomic E-state index is 14.1. The zero-order chi connectivity index (χ0) is 15.2. The lowest BCUT2D eigenvalue weighted by Crippen LogP contribution is -2.15. The lowest BCUT2D eigenvalue weighted by atomic mass is 9.81. The molecule has 0 nitrogen and oxygen atoms in total. The predicted octanol–water partition coefficient (Wildman–Crippen LogP) is 6.07. The van der Waals surface area contributed by atoms with E-state index in [1.54, 1.807) is 0 Å². The van der Waals surface area contributed by atoms with Crippen LogP contribution in [0.3, 0.4) is 0 Å². The molecule has 0 aliphatic rings. The second-order valence-corrected chi connectivity index (χ2v) is 6.53. The Morgan fingerprint density at radius 3 is 2.30 bits per heavy atom. The zero-order valence-electron chi connectivity index (χ0n) is 13.4. The molecule has 0 atom stereocenters. The average Bonchev–Trinajstić information content (AvgIpc) is 2.36. The molecule has 0 amide bonds. The number of halogens is 2. The minimum absolute atomic E-state index is 0.0817. The molecule has 0 radical (unpaired) electrons. The monoisotopic (exact) mass is 282 g/mol. The fourth-order valence-electron chi connectivity index (χ4n) is 2.46. The van der Waals surface area contributed by atoms with Gasteiger partial charge >= 0.3 is 0 Å². The van der Waals surface area contributed by atoms with Crippen LogP contribution in [0, 0.1) is 17.0 Å². The third kappa shape index (κ3) is 5.22. The van der Waals surface area contributed by atoms with Gasteiger partial charge in [-0.25, -0.2) is 8.78 Å². The van der Waals surface area contributed by atoms with E-state index in [2.05, 4.69) is 27.7 Å². The summed E-state index contributed by atoms with van der Waals surface area (Å²) in [4.78, 5) is 0. The van der Waals surface area contributed by atoms with Crippen LogP contribution in [0.15, 0.2) is 12.1 Å². The van der Waals surface area contributed by atoms with E-state index >= 15 is 0 Å². The molecule has 0 heterocycles. The molecule has 0 aliphatic heterocycles. The van der Waals surface area contributed by atoms with E-state index in [-0.39, 0.29) is 11.2 Å². The van der Waals surface area contributed by atoms with Crippen molar-refractivity contribution in [2.24, 2.45) is 5.41 Å². The van der Waals surface area contributed by atoms with E-state index < -0.39 is 5.82 Å². The summed E-state index contributed by atoms with van der Waals surface area (Å²) in [5.41, 5.74) is 1.66. The molecule has 0 spiro atoms. The maximum atomic E-state index is 14.1. The highest BCUT2D eigenvalue weighted by molar-refractivity contribution is 5.30. The summed E-state index contributed by atoms with van der Waals surface area (Å²) in [6.07, 6.45) is 6.91. The molecule has 0 aromatic heterocycles. The predicted molar refractivity (Wildman–Crippen MR) is 82.0 cm³/mol. The lowest BCUT2D eigenvalue weighted by molar-refractivity contribution is 0.346. The Bertz CT molecular complexity index is 422. The van der Waals surface area contributed by atoms with Crippen LogP contribution in [0.5, 0.6) is 0 Å². The molecule has 0 saturated carbocycles. The minimum atomic E-state index is -0.457. The highest BCUT2D eigenvalue weighted by atomic mass is 19.1. The van der Waals surface area contributed by atoms with Gasteiger partial charge in [-0.2, -0.15) is 0 Å². The Kier molecular flexibility index (Phi) is 6.64. The van der Waals surface area contributed by atoms with Crippen molar-refractivity contribution >= 4 is 0 Å². The Balaban J connectivity index is 2.90. The van der Waals surface area contributed by atoms with Gasteiger partial charge in [0.15, 0.2) is 0 Å². The van der Waals surface area contributed by atoms with Gasteiger partial charge in [-0.15, -0.1) is 0 Å². The minimum Gasteiger partial charge on any atom is -0.207 e. The van der Waals surface area contributed by atoms with Crippen molar-refractivity contribution in [1.29, 1.82) is 0 Å². The summed E-state index contributed by atoms with van der Waals surface area (Å²) in [6, 6.07) is 2.55. The number of benzene rings is 1. The molecule has 0 N–H and O–H groups in total. The first-order valence-electron chi connectivity index (χ1n) is 7.86. The van der Waals surface area contributed by atoms with Crippen LogP contribution in [-0.4, -0.2) is 0 Å². The van der Waals surface area contributed by atoms with Gasteiger partial charge in [0, 0.05) is 6.07 Å². The van der Waals surface area contributed by atoms with Crippen LogP contribution >= 0.6 is 0 Å². The van der Waals surface area contributed by atoms with Crippen LogP contribution in [0.1, 0.15) is 70.9 Å². The lowest BCUT2D eigenvalue weighted by Gasteiger charge is -2.24. The largest absolute Gasteiger partial charge is 0.207 e. The molecule has 114 valence electrons. The summed E-state index contributed by atoms with van der Waals surface area (Å²) in [5, 5.41) is 0. The first kappa shape index (κ1) is 17.1. The third-order valence-corrected chi connectivity index (χ3v) is 4.16. The van der Waals surface area contributed by atoms with Crippen molar-refractivity contribution < 1.29 is 8.78 Å². The van der Waals surface area contributed by atoms with Gasteiger partial charge in [-0.3, -0.25) is 0 Å². The molecular weight excluding hydrogens is 254 g/mol. The smallest absolute Gasteiger partial charge is 0.129 e. The van der Waals surface area contributed by atoms with Gasteiger partial charge in [-0.05, 0) is 41.9 Å². The number of hydrogen-bond acceptors (Lipinski definition) is 0. The van der Waals surface area contributed by atoms with E-state index in [1.807, 2.05) is 0 Å². The molecule has 2 heteroatoms. The molecule has 0 unspecified atom stereocenters. The van der Waals surface area contributed by atoms with E-state index in [9.17, 15) is 8.78 Å². The van der Waals surface area contributed by atoms with Gasteiger partial charge in [0.05, 0.1) is 0 Å². The number of rotatable bonds is 8. The normalized spacial score (nSPS) is 11.9. The van der Waals surface area contributed by atoms with Crippen LogP contribution in [0.2, 0.25) is 0 Å². The van der Waals surface area contributed by atoms with Crippen LogP contribution < -0.4 is 0 Å². The highest BCUT2D eigenvalue weighted by Gasteiger charge is 2.20. The third-order valence-electron chi connectivity index (χ3n) is 4.16. The first-order chi connectivity index (χ1) is 9.39. The van der Waals surface area contributed by atoms with Crippen LogP contribution in [0.25, 0.3) is 0 Å². The first-order valence-corrected chi connectivity index (χ1v) is 7.86. The van der Waals surface area contributed by atoms with Gasteiger partial charge < -0.3 is 0 Å². The summed E-state index contributed by atoms with van der Waals surface area (Å²) >= 11 is 0. The number of hydrogen-bond donors (Lipinski definition) is 0. The van der Waals surface area contributed by atoms with Gasteiger partial charge in [0.1, 0.15) is 11.6 Å². The van der Waals surface area contributed by atoms with Crippen molar-refractivity contribution in [3.8, 4) is 0 Å². The molecule has 1 rings (SSSR count). The van der Waals surface area contributed by atoms with Crippen molar-refractivity contribution in [3.63, 3.8) is 0 Å². The summed E-state index contributed by atoms with van der Waals surface area (Å²) in [7, 11) is 0. The molecule has 0 aliphatic carbocycles. The van der Waals surface area contributed by atoms with E-state index in [0.29, 0.717) is 0 Å². The molecular formula is C18H28F2.